The van der Waals surface area contributed by atoms with Crippen LogP contribution < -0.4 is 5.32 Å². The molecule has 3 nitrogen and oxygen atoms in total. The number of hydrogen-bond donors (Lipinski definition) is 1. The van der Waals surface area contributed by atoms with Crippen molar-refractivity contribution in [3.05, 3.63) is 34.9 Å². The monoisotopic (exact) mass is 269 g/mol. The van der Waals surface area contributed by atoms with Crippen molar-refractivity contribution >= 4 is 17.7 Å². The van der Waals surface area contributed by atoms with Crippen LogP contribution in [0.25, 0.3) is 0 Å². The summed E-state index contributed by atoms with van der Waals surface area (Å²) in [5.41, 5.74) is 0.670. The van der Waals surface area contributed by atoms with Gasteiger partial charge in [0, 0.05) is 11.6 Å². The van der Waals surface area contributed by atoms with Crippen LogP contribution in [0.4, 0.5) is 4.79 Å². The van der Waals surface area contributed by atoms with E-state index in [2.05, 4.69) is 5.32 Å². The highest BCUT2D eigenvalue weighted by molar-refractivity contribution is 6.30. The molecule has 0 fully saturated rings. The van der Waals surface area contributed by atoms with Crippen molar-refractivity contribution in [3.8, 4) is 0 Å². The molecule has 0 spiro atoms. The lowest BCUT2D eigenvalue weighted by molar-refractivity contribution is 0.0525. The molecule has 0 aliphatic heterocycles. The van der Waals surface area contributed by atoms with Gasteiger partial charge in [0.05, 0.1) is 0 Å². The number of amides is 1. The summed E-state index contributed by atoms with van der Waals surface area (Å²) in [4.78, 5) is 11.5. The number of carbonyl (C=O) groups excluding carboxylic acids is 1. The minimum absolute atomic E-state index is 0.217. The Balaban J connectivity index is 2.44. The van der Waals surface area contributed by atoms with E-state index in [1.165, 1.54) is 0 Å². The summed E-state index contributed by atoms with van der Waals surface area (Å²) in [5.74, 6) is 0.217. The third-order valence-corrected chi connectivity index (χ3v) is 2.64. The van der Waals surface area contributed by atoms with Gasteiger partial charge < -0.3 is 10.1 Å². The molecule has 1 aromatic rings. The van der Waals surface area contributed by atoms with Crippen molar-refractivity contribution in [2.24, 2.45) is 0 Å². The molecule has 4 heteroatoms. The van der Waals surface area contributed by atoms with E-state index < -0.39 is 5.60 Å². The third kappa shape index (κ3) is 5.41. The van der Waals surface area contributed by atoms with Crippen molar-refractivity contribution in [2.45, 2.75) is 39.2 Å². The average molecular weight is 270 g/mol. The summed E-state index contributed by atoms with van der Waals surface area (Å²) in [6, 6.07) is 7.62. The van der Waals surface area contributed by atoms with Gasteiger partial charge in [-0.25, -0.2) is 4.79 Å². The highest BCUT2D eigenvalue weighted by Gasteiger charge is 2.16. The van der Waals surface area contributed by atoms with Gasteiger partial charge in [0.1, 0.15) is 5.60 Å². The maximum Gasteiger partial charge on any atom is 0.407 e. The van der Waals surface area contributed by atoms with Crippen molar-refractivity contribution in [1.82, 2.24) is 5.32 Å². The van der Waals surface area contributed by atoms with E-state index in [1.54, 1.807) is 0 Å². The predicted octanol–water partition coefficient (Wildman–Crippen LogP) is 3.97. The van der Waals surface area contributed by atoms with Crippen LogP contribution in [0.2, 0.25) is 5.02 Å². The van der Waals surface area contributed by atoms with Gasteiger partial charge in [-0.3, -0.25) is 0 Å². The molecule has 1 N–H and O–H groups in total. The Morgan fingerprint density at radius 2 is 1.89 bits per heavy atom. The van der Waals surface area contributed by atoms with Crippen molar-refractivity contribution in [3.63, 3.8) is 0 Å². The van der Waals surface area contributed by atoms with E-state index in [1.807, 2.05) is 52.0 Å². The topological polar surface area (TPSA) is 38.3 Å². The molecule has 18 heavy (non-hydrogen) atoms. The summed E-state index contributed by atoms with van der Waals surface area (Å²) in [6.07, 6.45) is -0.386. The Morgan fingerprint density at radius 3 is 2.39 bits per heavy atom. The van der Waals surface area contributed by atoms with Gasteiger partial charge in [-0.15, -0.1) is 0 Å². The predicted molar refractivity (Wildman–Crippen MR) is 74.1 cm³/mol. The van der Waals surface area contributed by atoms with Crippen LogP contribution in [0.5, 0.6) is 0 Å². The van der Waals surface area contributed by atoms with Crippen molar-refractivity contribution in [2.75, 3.05) is 6.54 Å². The van der Waals surface area contributed by atoms with Crippen LogP contribution in [-0.2, 0) is 4.74 Å². The Kier molecular flexibility index (Phi) is 5.03. The zero-order chi connectivity index (χ0) is 13.8. The van der Waals surface area contributed by atoms with Gasteiger partial charge in [0.15, 0.2) is 0 Å². The van der Waals surface area contributed by atoms with Gasteiger partial charge in [0.25, 0.3) is 0 Å². The van der Waals surface area contributed by atoms with Gasteiger partial charge in [-0.05, 0) is 44.4 Å². The molecule has 1 rings (SSSR count). The molecule has 0 saturated heterocycles. The molecule has 0 unspecified atom stereocenters. The average Bonchev–Trinajstić information content (AvgIpc) is 2.24. The Morgan fingerprint density at radius 1 is 1.33 bits per heavy atom. The number of rotatable bonds is 3. The fourth-order valence-electron chi connectivity index (χ4n) is 1.46. The number of benzene rings is 1. The first-order valence-corrected chi connectivity index (χ1v) is 6.38. The van der Waals surface area contributed by atoms with Gasteiger partial charge in [-0.1, -0.05) is 30.7 Å². The smallest absolute Gasteiger partial charge is 0.407 e. The number of halogens is 1. The van der Waals surface area contributed by atoms with Crippen molar-refractivity contribution < 1.29 is 9.53 Å². The van der Waals surface area contributed by atoms with E-state index in [-0.39, 0.29) is 12.0 Å². The molecule has 0 saturated carbocycles. The second kappa shape index (κ2) is 6.10. The van der Waals surface area contributed by atoms with E-state index in [4.69, 9.17) is 16.3 Å². The number of ether oxygens (including phenoxy) is 1. The number of carbonyl (C=O) groups is 1. The first kappa shape index (κ1) is 14.8. The summed E-state index contributed by atoms with van der Waals surface area (Å²) in [6.45, 7) is 8.11. The fraction of sp³-hybridized carbons (Fsp3) is 0.500. The normalized spacial score (nSPS) is 12.9. The first-order chi connectivity index (χ1) is 8.28. The van der Waals surface area contributed by atoms with E-state index in [0.717, 1.165) is 5.56 Å². The summed E-state index contributed by atoms with van der Waals surface area (Å²) >= 11 is 5.83. The lowest BCUT2D eigenvalue weighted by Gasteiger charge is -2.21. The largest absolute Gasteiger partial charge is 0.444 e. The molecular weight excluding hydrogens is 250 g/mol. The molecule has 1 atom stereocenters. The number of nitrogens with one attached hydrogen (secondary N) is 1. The third-order valence-electron chi connectivity index (χ3n) is 2.39. The molecule has 0 bridgehead atoms. The van der Waals surface area contributed by atoms with Crippen LogP contribution in [0.15, 0.2) is 24.3 Å². The summed E-state index contributed by atoms with van der Waals surface area (Å²) in [7, 11) is 0. The van der Waals surface area contributed by atoms with Crippen molar-refractivity contribution in [1.29, 1.82) is 0 Å². The first-order valence-electron chi connectivity index (χ1n) is 6.00. The fourth-order valence-corrected chi connectivity index (χ4v) is 1.59. The highest BCUT2D eigenvalue weighted by Crippen LogP contribution is 2.17. The van der Waals surface area contributed by atoms with Crippen LogP contribution >= 0.6 is 11.6 Å². The molecule has 0 aliphatic carbocycles. The van der Waals surface area contributed by atoms with E-state index in [9.17, 15) is 4.79 Å². The SMILES string of the molecule is C[C@H](CNC(=O)OC(C)(C)C)c1ccc(Cl)cc1. The molecule has 1 aromatic carbocycles. The summed E-state index contributed by atoms with van der Waals surface area (Å²) < 4.78 is 5.17. The van der Waals surface area contributed by atoms with Crippen LogP contribution in [0.1, 0.15) is 39.2 Å². The summed E-state index contributed by atoms with van der Waals surface area (Å²) in [5, 5.41) is 3.47. The molecular formula is C14H20ClNO2. The maximum absolute atomic E-state index is 11.5. The van der Waals surface area contributed by atoms with Crippen LogP contribution in [-0.4, -0.2) is 18.2 Å². The zero-order valence-corrected chi connectivity index (χ0v) is 12.0. The van der Waals surface area contributed by atoms with E-state index >= 15 is 0 Å². The number of hydrogen-bond acceptors (Lipinski definition) is 2. The number of alkyl carbamates (subject to hydrolysis) is 1. The Hall–Kier alpha value is -1.22. The minimum atomic E-state index is -0.465. The van der Waals surface area contributed by atoms with Crippen LogP contribution in [0, 0.1) is 0 Å². The molecule has 0 heterocycles. The van der Waals surface area contributed by atoms with Gasteiger partial charge in [0.2, 0.25) is 0 Å². The second-order valence-corrected chi connectivity index (χ2v) is 5.77. The Labute approximate surface area is 113 Å². The minimum Gasteiger partial charge on any atom is -0.444 e. The van der Waals surface area contributed by atoms with Gasteiger partial charge >= 0.3 is 6.09 Å². The standard InChI is InChI=1S/C14H20ClNO2/c1-10(11-5-7-12(15)8-6-11)9-16-13(17)18-14(2,3)4/h5-8,10H,9H2,1-4H3,(H,16,17)/t10-/m1/s1. The molecule has 0 aromatic heterocycles. The van der Waals surface area contributed by atoms with Gasteiger partial charge in [-0.2, -0.15) is 0 Å². The maximum atomic E-state index is 11.5. The molecule has 1 amide bonds. The molecule has 0 radical (unpaired) electrons. The quantitative estimate of drug-likeness (QED) is 0.902. The lowest BCUT2D eigenvalue weighted by Crippen LogP contribution is -2.34. The Bertz CT molecular complexity index is 395. The highest BCUT2D eigenvalue weighted by atomic mass is 35.5. The second-order valence-electron chi connectivity index (χ2n) is 5.34. The van der Waals surface area contributed by atoms with E-state index in [0.29, 0.717) is 11.6 Å². The molecule has 0 aliphatic rings. The molecule has 100 valence electrons. The lowest BCUT2D eigenvalue weighted by atomic mass is 10.0. The zero-order valence-electron chi connectivity index (χ0n) is 11.3. The van der Waals surface area contributed by atoms with Crippen LogP contribution in [0.3, 0.4) is 0 Å².